The van der Waals surface area contributed by atoms with Crippen LogP contribution in [0.4, 0.5) is 0 Å². The van der Waals surface area contributed by atoms with Gasteiger partial charge >= 0.3 is 0 Å². The highest BCUT2D eigenvalue weighted by molar-refractivity contribution is 6.30. The zero-order valence-corrected chi connectivity index (χ0v) is 8.90. The first kappa shape index (κ1) is 10.1. The van der Waals surface area contributed by atoms with E-state index in [-0.39, 0.29) is 11.2 Å². The monoisotopic (exact) mass is 241 g/mol. The van der Waals surface area contributed by atoms with Crippen molar-refractivity contribution in [3.05, 3.63) is 40.8 Å². The number of hydrogen-bond donors (Lipinski definition) is 0. The highest BCUT2D eigenvalue weighted by Gasteiger charge is 2.00. The molecule has 0 spiro atoms. The van der Waals surface area contributed by atoms with Gasteiger partial charge in [0.15, 0.2) is 0 Å². The molecule has 0 saturated carbocycles. The Labute approximate surface area is 95.8 Å². The van der Waals surface area contributed by atoms with E-state index in [0.717, 1.165) is 0 Å². The fourth-order valence-electron chi connectivity index (χ4n) is 0.941. The van der Waals surface area contributed by atoms with Gasteiger partial charge in [-0.3, -0.25) is 0 Å². The summed E-state index contributed by atoms with van der Waals surface area (Å²) < 4.78 is 5.36. The first-order chi connectivity index (χ1) is 7.24. The first-order valence-electron chi connectivity index (χ1n) is 4.03. The van der Waals surface area contributed by atoms with Gasteiger partial charge in [-0.2, -0.15) is 10.1 Å². The molecule has 2 aromatic rings. The molecule has 0 unspecified atom stereocenters. The van der Waals surface area contributed by atoms with Crippen molar-refractivity contribution < 1.29 is 4.74 Å². The molecule has 6 heteroatoms. The largest absolute Gasteiger partial charge is 0.437 e. The maximum Gasteiger partial charge on any atom is 0.246 e. The van der Waals surface area contributed by atoms with Gasteiger partial charge < -0.3 is 4.74 Å². The predicted octanol–water partition coefficient (Wildman–Crippen LogP) is 2.97. The Bertz CT molecular complexity index is 461. The average molecular weight is 242 g/mol. The number of hydrogen-bond acceptors (Lipinski definition) is 4. The Morgan fingerprint density at radius 2 is 1.80 bits per heavy atom. The van der Waals surface area contributed by atoms with Crippen molar-refractivity contribution in [2.45, 2.75) is 0 Å². The summed E-state index contributed by atoms with van der Waals surface area (Å²) in [4.78, 5) is 3.83. The lowest BCUT2D eigenvalue weighted by Crippen LogP contribution is -1.91. The standard InChI is InChI=1S/C9H5Cl2N3O/c10-6-1-3-7(4-2-6)15-8-5-12-14-9(11)13-8/h1-5H. The highest BCUT2D eigenvalue weighted by atomic mass is 35.5. The molecule has 0 bridgehead atoms. The quantitative estimate of drug-likeness (QED) is 0.812. The van der Waals surface area contributed by atoms with Crippen molar-refractivity contribution in [3.8, 4) is 11.6 Å². The second-order valence-corrected chi connectivity index (χ2v) is 3.39. The minimum Gasteiger partial charge on any atom is -0.437 e. The Balaban J connectivity index is 2.18. The molecule has 1 heterocycles. The number of aromatic nitrogens is 3. The molecule has 0 aliphatic rings. The lowest BCUT2D eigenvalue weighted by molar-refractivity contribution is 0.457. The van der Waals surface area contributed by atoms with E-state index in [1.165, 1.54) is 6.20 Å². The number of rotatable bonds is 2. The number of benzene rings is 1. The topological polar surface area (TPSA) is 47.9 Å². The van der Waals surface area contributed by atoms with Gasteiger partial charge in [-0.25, -0.2) is 0 Å². The summed E-state index contributed by atoms with van der Waals surface area (Å²) in [7, 11) is 0. The summed E-state index contributed by atoms with van der Waals surface area (Å²) in [5.74, 6) is 0.897. The summed E-state index contributed by atoms with van der Waals surface area (Å²) in [6, 6.07) is 6.87. The molecule has 0 aliphatic heterocycles. The van der Waals surface area contributed by atoms with Gasteiger partial charge in [-0.05, 0) is 35.9 Å². The van der Waals surface area contributed by atoms with E-state index in [2.05, 4.69) is 15.2 Å². The van der Waals surface area contributed by atoms with Crippen LogP contribution in [0.3, 0.4) is 0 Å². The fourth-order valence-corrected chi connectivity index (χ4v) is 1.19. The van der Waals surface area contributed by atoms with Gasteiger partial charge in [0.05, 0.1) is 0 Å². The second kappa shape index (κ2) is 4.42. The third kappa shape index (κ3) is 2.78. The Morgan fingerprint density at radius 3 is 2.47 bits per heavy atom. The Hall–Kier alpha value is -1.39. The van der Waals surface area contributed by atoms with Crippen LogP contribution in [-0.2, 0) is 0 Å². The summed E-state index contributed by atoms with van der Waals surface area (Å²) in [5, 5.41) is 7.78. The van der Waals surface area contributed by atoms with Crippen molar-refractivity contribution in [2.24, 2.45) is 0 Å². The lowest BCUT2D eigenvalue weighted by Gasteiger charge is -2.03. The van der Waals surface area contributed by atoms with Gasteiger partial charge in [-0.1, -0.05) is 11.6 Å². The highest BCUT2D eigenvalue weighted by Crippen LogP contribution is 2.21. The maximum atomic E-state index is 5.73. The van der Waals surface area contributed by atoms with Crippen molar-refractivity contribution in [3.63, 3.8) is 0 Å². The molecule has 15 heavy (non-hydrogen) atoms. The van der Waals surface area contributed by atoms with Crippen LogP contribution in [0.1, 0.15) is 0 Å². The van der Waals surface area contributed by atoms with Gasteiger partial charge in [0.2, 0.25) is 11.2 Å². The van der Waals surface area contributed by atoms with E-state index in [4.69, 9.17) is 27.9 Å². The van der Waals surface area contributed by atoms with Crippen LogP contribution < -0.4 is 4.74 Å². The Kier molecular flexibility index (Phi) is 2.99. The third-order valence-corrected chi connectivity index (χ3v) is 1.96. The second-order valence-electron chi connectivity index (χ2n) is 2.62. The van der Waals surface area contributed by atoms with Crippen molar-refractivity contribution in [1.82, 2.24) is 15.2 Å². The number of halogens is 2. The zero-order valence-electron chi connectivity index (χ0n) is 7.39. The SMILES string of the molecule is Clc1ccc(Oc2cnnc(Cl)n2)cc1. The average Bonchev–Trinajstić information content (AvgIpc) is 2.22. The van der Waals surface area contributed by atoms with Crippen LogP contribution in [0.2, 0.25) is 10.3 Å². The smallest absolute Gasteiger partial charge is 0.246 e. The summed E-state index contributed by atoms with van der Waals surface area (Å²) in [6.45, 7) is 0. The normalized spacial score (nSPS) is 10.0. The van der Waals surface area contributed by atoms with Crippen molar-refractivity contribution in [2.75, 3.05) is 0 Å². The number of nitrogens with zero attached hydrogens (tertiary/aromatic N) is 3. The molecule has 2 rings (SSSR count). The minimum atomic E-state index is 0.0430. The zero-order chi connectivity index (χ0) is 10.7. The summed E-state index contributed by atoms with van der Waals surface area (Å²) in [5.41, 5.74) is 0. The van der Waals surface area contributed by atoms with Gasteiger partial charge in [-0.15, -0.1) is 5.10 Å². The Morgan fingerprint density at radius 1 is 1.07 bits per heavy atom. The van der Waals surface area contributed by atoms with Crippen LogP contribution in [0.5, 0.6) is 11.6 Å². The molecular formula is C9H5Cl2N3O. The van der Waals surface area contributed by atoms with E-state index in [1.54, 1.807) is 24.3 Å². The third-order valence-electron chi connectivity index (χ3n) is 1.55. The molecular weight excluding hydrogens is 237 g/mol. The molecule has 0 amide bonds. The van der Waals surface area contributed by atoms with Gasteiger partial charge in [0.1, 0.15) is 11.9 Å². The van der Waals surface area contributed by atoms with Crippen molar-refractivity contribution >= 4 is 23.2 Å². The van der Waals surface area contributed by atoms with E-state index < -0.39 is 0 Å². The molecule has 0 fully saturated rings. The molecule has 0 saturated heterocycles. The van der Waals surface area contributed by atoms with Crippen LogP contribution in [-0.4, -0.2) is 15.2 Å². The van der Waals surface area contributed by atoms with Crippen LogP contribution in [0.15, 0.2) is 30.5 Å². The molecule has 76 valence electrons. The maximum absolute atomic E-state index is 5.73. The van der Waals surface area contributed by atoms with E-state index in [9.17, 15) is 0 Å². The van der Waals surface area contributed by atoms with Crippen LogP contribution >= 0.6 is 23.2 Å². The minimum absolute atomic E-state index is 0.0430. The van der Waals surface area contributed by atoms with E-state index >= 15 is 0 Å². The van der Waals surface area contributed by atoms with Gasteiger partial charge in [0.25, 0.3) is 0 Å². The summed E-state index contributed by atoms with van der Waals surface area (Å²) in [6.07, 6.45) is 1.38. The molecule has 1 aromatic heterocycles. The molecule has 0 N–H and O–H groups in total. The fraction of sp³-hybridized carbons (Fsp3) is 0. The molecule has 0 atom stereocenters. The molecule has 0 aliphatic carbocycles. The predicted molar refractivity (Wildman–Crippen MR) is 56.4 cm³/mol. The first-order valence-corrected chi connectivity index (χ1v) is 4.78. The van der Waals surface area contributed by atoms with Gasteiger partial charge in [0, 0.05) is 5.02 Å². The number of ether oxygens (including phenoxy) is 1. The summed E-state index contributed by atoms with van der Waals surface area (Å²) >= 11 is 11.3. The molecule has 1 aromatic carbocycles. The van der Waals surface area contributed by atoms with E-state index in [0.29, 0.717) is 10.8 Å². The lowest BCUT2D eigenvalue weighted by atomic mass is 10.3. The molecule has 0 radical (unpaired) electrons. The molecule has 4 nitrogen and oxygen atoms in total. The van der Waals surface area contributed by atoms with Crippen molar-refractivity contribution in [1.29, 1.82) is 0 Å². The van der Waals surface area contributed by atoms with Crippen LogP contribution in [0, 0.1) is 0 Å². The van der Waals surface area contributed by atoms with E-state index in [1.807, 2.05) is 0 Å². The van der Waals surface area contributed by atoms with Crippen LogP contribution in [0.25, 0.3) is 0 Å².